The van der Waals surface area contributed by atoms with Crippen molar-refractivity contribution in [2.75, 3.05) is 12.1 Å². The summed E-state index contributed by atoms with van der Waals surface area (Å²) in [5.74, 6) is 0.743. The number of rotatable bonds is 5. The van der Waals surface area contributed by atoms with E-state index in [0.717, 1.165) is 12.0 Å². The molecule has 28 heavy (non-hydrogen) atoms. The van der Waals surface area contributed by atoms with Crippen LogP contribution >= 0.6 is 0 Å². The third-order valence-corrected chi connectivity index (χ3v) is 4.68. The number of amides is 1. The maximum Gasteiger partial charge on any atom is 0.263 e. The normalized spacial score (nSPS) is 12.0. The van der Waals surface area contributed by atoms with Gasteiger partial charge in [-0.3, -0.25) is 9.59 Å². The number of hydrogen-bond donors (Lipinski definition) is 1. The Balaban J connectivity index is 1.53. The molecule has 1 aromatic heterocycles. The minimum Gasteiger partial charge on any atom is -0.454 e. The van der Waals surface area contributed by atoms with Gasteiger partial charge in [-0.25, -0.2) is 0 Å². The number of hydrogen-bond acceptors (Lipinski definition) is 4. The lowest BCUT2D eigenvalue weighted by Crippen LogP contribution is -2.29. The number of aromatic nitrogens is 1. The number of nitrogens with zero attached hydrogens (tertiary/aromatic N) is 1. The average molecular weight is 376 g/mol. The number of fused-ring (bicyclic) bond motifs is 1. The van der Waals surface area contributed by atoms with Gasteiger partial charge in [0.25, 0.3) is 11.5 Å². The molecule has 0 aliphatic carbocycles. The summed E-state index contributed by atoms with van der Waals surface area (Å²) in [7, 11) is 0. The highest BCUT2D eigenvalue weighted by atomic mass is 16.7. The van der Waals surface area contributed by atoms with Crippen LogP contribution in [-0.2, 0) is 13.0 Å². The highest BCUT2D eigenvalue weighted by Crippen LogP contribution is 2.34. The van der Waals surface area contributed by atoms with E-state index >= 15 is 0 Å². The predicted octanol–water partition coefficient (Wildman–Crippen LogP) is 3.44. The van der Waals surface area contributed by atoms with Gasteiger partial charge in [-0.1, -0.05) is 31.2 Å². The molecule has 0 fully saturated rings. The van der Waals surface area contributed by atoms with Crippen molar-refractivity contribution in [1.82, 2.24) is 4.57 Å². The number of nitrogens with one attached hydrogen (secondary N) is 1. The third-order valence-electron chi connectivity index (χ3n) is 4.68. The maximum absolute atomic E-state index is 12.8. The maximum atomic E-state index is 12.8. The number of pyridine rings is 1. The van der Waals surface area contributed by atoms with Gasteiger partial charge >= 0.3 is 0 Å². The van der Waals surface area contributed by atoms with E-state index in [2.05, 4.69) is 24.4 Å². The van der Waals surface area contributed by atoms with Crippen LogP contribution in [0.5, 0.6) is 11.5 Å². The van der Waals surface area contributed by atoms with Gasteiger partial charge in [0.1, 0.15) is 5.56 Å². The number of aryl methyl sites for hydroxylation is 1. The molecular formula is C22H20N2O4. The molecule has 0 spiro atoms. The van der Waals surface area contributed by atoms with Crippen molar-refractivity contribution in [1.29, 1.82) is 0 Å². The molecule has 0 atom stereocenters. The Morgan fingerprint density at radius 2 is 1.79 bits per heavy atom. The molecule has 0 unspecified atom stereocenters. The standard InChI is InChI=1S/C22H20N2O4/c1-2-15-5-7-16(8-6-15)13-24-11-3-4-18(22(24)26)21(25)23-17-9-10-19-20(12-17)28-14-27-19/h3-12H,2,13-14H2,1H3,(H,23,25). The highest BCUT2D eigenvalue weighted by molar-refractivity contribution is 6.04. The van der Waals surface area contributed by atoms with Crippen molar-refractivity contribution in [3.63, 3.8) is 0 Å². The van der Waals surface area contributed by atoms with Gasteiger partial charge in [0, 0.05) is 18.0 Å². The summed E-state index contributed by atoms with van der Waals surface area (Å²) in [5, 5.41) is 2.75. The second-order valence-corrected chi connectivity index (χ2v) is 6.55. The van der Waals surface area contributed by atoms with E-state index in [4.69, 9.17) is 9.47 Å². The molecule has 142 valence electrons. The molecule has 0 saturated heterocycles. The fourth-order valence-corrected chi connectivity index (χ4v) is 3.08. The Morgan fingerprint density at radius 3 is 2.57 bits per heavy atom. The first-order chi connectivity index (χ1) is 13.6. The molecule has 4 rings (SSSR count). The zero-order chi connectivity index (χ0) is 19.5. The van der Waals surface area contributed by atoms with E-state index < -0.39 is 5.91 Å². The zero-order valence-corrected chi connectivity index (χ0v) is 15.5. The molecule has 2 heterocycles. The van der Waals surface area contributed by atoms with E-state index in [9.17, 15) is 9.59 Å². The minimum absolute atomic E-state index is 0.0883. The molecular weight excluding hydrogens is 356 g/mol. The average Bonchev–Trinajstić information content (AvgIpc) is 3.18. The molecule has 0 bridgehead atoms. The van der Waals surface area contributed by atoms with Gasteiger partial charge in [-0.2, -0.15) is 0 Å². The van der Waals surface area contributed by atoms with Gasteiger partial charge in [-0.15, -0.1) is 0 Å². The van der Waals surface area contributed by atoms with Gasteiger partial charge in [-0.05, 0) is 41.8 Å². The lowest BCUT2D eigenvalue weighted by molar-refractivity contribution is 0.102. The van der Waals surface area contributed by atoms with Crippen molar-refractivity contribution in [3.05, 3.63) is 87.8 Å². The molecule has 3 aromatic rings. The quantitative estimate of drug-likeness (QED) is 0.741. The van der Waals surface area contributed by atoms with Crippen LogP contribution in [0.3, 0.4) is 0 Å². The first kappa shape index (κ1) is 17.9. The molecule has 1 N–H and O–H groups in total. The summed E-state index contributed by atoms with van der Waals surface area (Å²) >= 11 is 0. The zero-order valence-electron chi connectivity index (χ0n) is 15.5. The van der Waals surface area contributed by atoms with E-state index in [1.165, 1.54) is 16.2 Å². The van der Waals surface area contributed by atoms with Crippen LogP contribution in [0.25, 0.3) is 0 Å². The lowest BCUT2D eigenvalue weighted by atomic mass is 10.1. The molecule has 0 radical (unpaired) electrons. The van der Waals surface area contributed by atoms with Gasteiger partial charge in [0.2, 0.25) is 6.79 Å². The van der Waals surface area contributed by atoms with Crippen molar-refractivity contribution in [2.45, 2.75) is 19.9 Å². The fraction of sp³-hybridized carbons (Fsp3) is 0.182. The summed E-state index contributed by atoms with van der Waals surface area (Å²) in [6, 6.07) is 16.5. The van der Waals surface area contributed by atoms with Crippen molar-refractivity contribution in [2.24, 2.45) is 0 Å². The van der Waals surface area contributed by atoms with Crippen LogP contribution in [0.1, 0.15) is 28.4 Å². The second-order valence-electron chi connectivity index (χ2n) is 6.55. The number of carbonyl (C=O) groups excluding carboxylic acids is 1. The summed E-state index contributed by atoms with van der Waals surface area (Å²) < 4.78 is 12.1. The Bertz CT molecular complexity index is 1070. The predicted molar refractivity (Wildman–Crippen MR) is 106 cm³/mol. The largest absolute Gasteiger partial charge is 0.454 e. The van der Waals surface area contributed by atoms with Crippen LogP contribution in [0.4, 0.5) is 5.69 Å². The fourth-order valence-electron chi connectivity index (χ4n) is 3.08. The molecule has 1 aliphatic heterocycles. The molecule has 1 amide bonds. The Kier molecular flexibility index (Phi) is 4.85. The molecule has 6 heteroatoms. The van der Waals surface area contributed by atoms with Crippen LogP contribution < -0.4 is 20.3 Å². The molecule has 6 nitrogen and oxygen atoms in total. The Morgan fingerprint density at radius 1 is 1.04 bits per heavy atom. The van der Waals surface area contributed by atoms with E-state index in [1.807, 2.05) is 12.1 Å². The SMILES string of the molecule is CCc1ccc(Cn2cccc(C(=O)Nc3ccc4c(c3)OCO4)c2=O)cc1. The molecule has 0 saturated carbocycles. The highest BCUT2D eigenvalue weighted by Gasteiger charge is 2.16. The summed E-state index contributed by atoms with van der Waals surface area (Å²) in [6.45, 7) is 2.67. The van der Waals surface area contributed by atoms with Crippen molar-refractivity contribution in [3.8, 4) is 11.5 Å². The molecule has 2 aromatic carbocycles. The smallest absolute Gasteiger partial charge is 0.263 e. The third kappa shape index (κ3) is 3.62. The lowest BCUT2D eigenvalue weighted by Gasteiger charge is -2.10. The second kappa shape index (κ2) is 7.60. The molecule has 1 aliphatic rings. The first-order valence-corrected chi connectivity index (χ1v) is 9.12. The minimum atomic E-state index is -0.459. The Labute approximate surface area is 162 Å². The number of ether oxygens (including phenoxy) is 2. The van der Waals surface area contributed by atoms with E-state index in [-0.39, 0.29) is 17.9 Å². The number of carbonyl (C=O) groups is 1. The van der Waals surface area contributed by atoms with Crippen LogP contribution in [0.15, 0.2) is 65.6 Å². The van der Waals surface area contributed by atoms with Crippen molar-refractivity contribution < 1.29 is 14.3 Å². The number of benzene rings is 2. The van der Waals surface area contributed by atoms with Crippen molar-refractivity contribution >= 4 is 11.6 Å². The van der Waals surface area contributed by atoms with Crippen LogP contribution in [0.2, 0.25) is 0 Å². The van der Waals surface area contributed by atoms with Gasteiger partial charge in [0.15, 0.2) is 11.5 Å². The monoisotopic (exact) mass is 376 g/mol. The van der Waals surface area contributed by atoms with E-state index in [1.54, 1.807) is 30.5 Å². The first-order valence-electron chi connectivity index (χ1n) is 9.12. The summed E-state index contributed by atoms with van der Waals surface area (Å²) in [5.41, 5.74) is 2.55. The van der Waals surface area contributed by atoms with Crippen LogP contribution in [0, 0.1) is 0 Å². The van der Waals surface area contributed by atoms with Gasteiger partial charge in [0.05, 0.1) is 6.54 Å². The summed E-state index contributed by atoms with van der Waals surface area (Å²) in [4.78, 5) is 25.4. The van der Waals surface area contributed by atoms with Gasteiger partial charge < -0.3 is 19.4 Å². The number of anilines is 1. The van der Waals surface area contributed by atoms with E-state index in [0.29, 0.717) is 23.7 Å². The summed E-state index contributed by atoms with van der Waals surface area (Å²) in [6.07, 6.45) is 2.66. The van der Waals surface area contributed by atoms with Crippen LogP contribution in [-0.4, -0.2) is 17.3 Å². The topological polar surface area (TPSA) is 69.6 Å². The Hall–Kier alpha value is -3.54.